The molecule has 1 aromatic heterocycles. The van der Waals surface area contributed by atoms with Crippen LogP contribution in [-0.4, -0.2) is 47.7 Å². The number of aromatic nitrogens is 1. The summed E-state index contributed by atoms with van der Waals surface area (Å²) in [5.74, 6) is -2.36. The minimum Gasteiger partial charge on any atom is -0.534 e. The third kappa shape index (κ3) is 5.57. The zero-order chi connectivity index (χ0) is 23.5. The minimum atomic E-state index is -1.40. The van der Waals surface area contributed by atoms with Crippen molar-refractivity contribution in [1.82, 2.24) is 10.3 Å². The van der Waals surface area contributed by atoms with E-state index in [1.165, 1.54) is 24.4 Å². The molecule has 0 spiro atoms. The Morgan fingerprint density at radius 2 is 2.00 bits per heavy atom. The van der Waals surface area contributed by atoms with Crippen LogP contribution in [0.15, 0.2) is 36.5 Å². The number of hydrogen-bond donors (Lipinski definition) is 2. The highest BCUT2D eigenvalue weighted by molar-refractivity contribution is 6.47. The summed E-state index contributed by atoms with van der Waals surface area (Å²) in [7, 11) is -1.40. The quantitative estimate of drug-likeness (QED) is 0.301. The largest absolute Gasteiger partial charge is 0.547 e. The van der Waals surface area contributed by atoms with E-state index in [1.807, 2.05) is 0 Å². The fraction of sp³-hybridized carbons (Fsp3) is 0.333. The maximum absolute atomic E-state index is 12.5. The minimum absolute atomic E-state index is 0.0695. The van der Waals surface area contributed by atoms with Crippen molar-refractivity contribution >= 4 is 36.6 Å². The van der Waals surface area contributed by atoms with Crippen molar-refractivity contribution in [2.75, 3.05) is 6.79 Å². The number of nitrogens with one attached hydrogen (secondary N) is 1. The Kier molecular flexibility index (Phi) is 7.05. The van der Waals surface area contributed by atoms with Gasteiger partial charge in [-0.1, -0.05) is 23.7 Å². The Bertz CT molecular complexity index is 1020. The number of halogens is 1. The first kappa shape index (κ1) is 23.6. The van der Waals surface area contributed by atoms with Crippen molar-refractivity contribution in [1.29, 1.82) is 0 Å². The molecule has 0 radical (unpaired) electrons. The first-order chi connectivity index (χ1) is 15.1. The number of para-hydroxylation sites is 1. The van der Waals surface area contributed by atoms with Crippen LogP contribution < -0.4 is 9.97 Å². The predicted molar refractivity (Wildman–Crippen MR) is 115 cm³/mol. The number of hydrogen-bond acceptors (Lipinski definition) is 8. The molecule has 9 nitrogen and oxygen atoms in total. The third-order valence-electron chi connectivity index (χ3n) is 4.64. The van der Waals surface area contributed by atoms with Gasteiger partial charge in [-0.3, -0.25) is 9.59 Å². The van der Waals surface area contributed by atoms with E-state index >= 15 is 0 Å². The Balaban J connectivity index is 1.66. The van der Waals surface area contributed by atoms with Gasteiger partial charge in [-0.05, 0) is 51.0 Å². The summed E-state index contributed by atoms with van der Waals surface area (Å²) in [5.41, 5.74) is 0.207. The molecule has 2 heterocycles. The lowest BCUT2D eigenvalue weighted by Crippen LogP contribution is -2.53. The van der Waals surface area contributed by atoms with Gasteiger partial charge in [-0.15, -0.1) is 0 Å². The van der Waals surface area contributed by atoms with Gasteiger partial charge in [0.1, 0.15) is 16.5 Å². The molecule has 1 aromatic carbocycles. The van der Waals surface area contributed by atoms with E-state index in [0.717, 1.165) is 0 Å². The Morgan fingerprint density at radius 1 is 1.25 bits per heavy atom. The predicted octanol–water partition coefficient (Wildman–Crippen LogP) is 2.19. The van der Waals surface area contributed by atoms with Gasteiger partial charge >= 0.3 is 19.1 Å². The summed E-state index contributed by atoms with van der Waals surface area (Å²) in [6, 6.07) is 7.80. The molecule has 0 aliphatic carbocycles. The van der Waals surface area contributed by atoms with Crippen molar-refractivity contribution in [2.45, 2.75) is 33.1 Å². The molecule has 1 aliphatic rings. The molecule has 2 N–H and O–H groups in total. The number of esters is 2. The van der Waals surface area contributed by atoms with E-state index in [0.29, 0.717) is 5.56 Å². The summed E-state index contributed by atoms with van der Waals surface area (Å²) in [6.07, 6.45) is 1.53. The van der Waals surface area contributed by atoms with Crippen LogP contribution in [0.3, 0.4) is 0 Å². The fourth-order valence-corrected chi connectivity index (χ4v) is 3.01. The topological polar surface area (TPSA) is 124 Å². The number of carbonyl (C=O) groups excluding carboxylic acids is 3. The number of pyridine rings is 1. The Labute approximate surface area is 190 Å². The molecule has 1 aliphatic heterocycles. The van der Waals surface area contributed by atoms with Gasteiger partial charge in [0, 0.05) is 6.20 Å². The highest BCUT2D eigenvalue weighted by atomic mass is 35.5. The molecule has 1 amide bonds. The molecule has 32 heavy (non-hydrogen) atoms. The highest BCUT2D eigenvalue weighted by Crippen LogP contribution is 2.31. The second-order valence-corrected chi connectivity index (χ2v) is 8.57. The second-order valence-electron chi connectivity index (χ2n) is 8.19. The first-order valence-electron chi connectivity index (χ1n) is 9.79. The molecule has 0 bridgehead atoms. The highest BCUT2D eigenvalue weighted by Gasteiger charge is 2.38. The van der Waals surface area contributed by atoms with E-state index in [2.05, 4.69) is 10.3 Å². The summed E-state index contributed by atoms with van der Waals surface area (Å²) in [5, 5.41) is 13.3. The normalized spacial score (nSPS) is 15.3. The number of fused-ring (bicyclic) bond motifs is 1. The summed E-state index contributed by atoms with van der Waals surface area (Å²) >= 11 is 5.73. The zero-order valence-corrected chi connectivity index (χ0v) is 18.5. The van der Waals surface area contributed by atoms with Crippen LogP contribution in [0.1, 0.15) is 47.1 Å². The van der Waals surface area contributed by atoms with Gasteiger partial charge in [0.25, 0.3) is 5.91 Å². The van der Waals surface area contributed by atoms with Crippen molar-refractivity contribution in [3.8, 4) is 5.75 Å². The van der Waals surface area contributed by atoms with E-state index in [-0.39, 0.29) is 28.5 Å². The Morgan fingerprint density at radius 3 is 2.66 bits per heavy atom. The van der Waals surface area contributed by atoms with E-state index in [4.69, 9.17) is 25.7 Å². The molecule has 0 fully saturated rings. The van der Waals surface area contributed by atoms with Crippen LogP contribution in [0.5, 0.6) is 5.75 Å². The van der Waals surface area contributed by atoms with Crippen molar-refractivity contribution in [2.24, 2.45) is 5.41 Å². The molecule has 0 saturated carbocycles. The van der Waals surface area contributed by atoms with Crippen LogP contribution in [-0.2, 0) is 20.7 Å². The van der Waals surface area contributed by atoms with Crippen LogP contribution >= 0.6 is 11.6 Å². The summed E-state index contributed by atoms with van der Waals surface area (Å²) in [4.78, 5) is 40.5. The van der Waals surface area contributed by atoms with E-state index in [1.54, 1.807) is 32.9 Å². The number of ether oxygens (including phenoxy) is 2. The van der Waals surface area contributed by atoms with Gasteiger partial charge in [-0.25, -0.2) is 9.78 Å². The molecule has 3 rings (SSSR count). The zero-order valence-electron chi connectivity index (χ0n) is 17.8. The first-order valence-corrected chi connectivity index (χ1v) is 10.2. The van der Waals surface area contributed by atoms with Gasteiger partial charge in [0.05, 0.1) is 16.9 Å². The monoisotopic (exact) mass is 460 g/mol. The van der Waals surface area contributed by atoms with Crippen LogP contribution in [0.25, 0.3) is 0 Å². The molecule has 2 aromatic rings. The van der Waals surface area contributed by atoms with Gasteiger partial charge < -0.3 is 24.5 Å². The lowest BCUT2D eigenvalue weighted by atomic mass is 9.72. The molecule has 1 atom stereocenters. The van der Waals surface area contributed by atoms with Crippen molar-refractivity contribution < 1.29 is 33.5 Å². The average Bonchev–Trinajstić information content (AvgIpc) is 2.73. The molecule has 11 heteroatoms. The Hall–Kier alpha value is -3.11. The number of carbonyl (C=O) groups is 3. The molecule has 0 unspecified atom stereocenters. The van der Waals surface area contributed by atoms with Crippen LogP contribution in [0.2, 0.25) is 5.15 Å². The molecule has 168 valence electrons. The van der Waals surface area contributed by atoms with Gasteiger partial charge in [0.15, 0.2) is 0 Å². The van der Waals surface area contributed by atoms with E-state index in [9.17, 15) is 19.4 Å². The average molecular weight is 461 g/mol. The lowest BCUT2D eigenvalue weighted by Gasteiger charge is -2.29. The fourth-order valence-electron chi connectivity index (χ4n) is 2.90. The standard InChI is InChI=1S/C21H22BClN2O7/c1-21(2,3)20(28)31-11-30-19(27)14-6-4-5-12-9-15(22(29)32-17(12)14)25-18(26)13-7-8-16(23)24-10-13/h4-8,10,15,29H,9,11H2,1-3H3,(H,25,26)/t15-/m0/s1. The second kappa shape index (κ2) is 9.58. The molecule has 0 saturated heterocycles. The number of nitrogens with zero attached hydrogens (tertiary/aromatic N) is 1. The number of amides is 1. The molecular weight excluding hydrogens is 439 g/mol. The number of rotatable bonds is 5. The molecular formula is C21H22BClN2O7. The summed E-state index contributed by atoms with van der Waals surface area (Å²) in [6.45, 7) is 4.49. The maximum Gasteiger partial charge on any atom is 0.547 e. The maximum atomic E-state index is 12.5. The third-order valence-corrected chi connectivity index (χ3v) is 4.86. The van der Waals surface area contributed by atoms with Gasteiger partial charge in [0.2, 0.25) is 6.79 Å². The van der Waals surface area contributed by atoms with Gasteiger partial charge in [-0.2, -0.15) is 0 Å². The van der Waals surface area contributed by atoms with Crippen LogP contribution in [0, 0.1) is 5.41 Å². The SMILES string of the molecule is CC(C)(C)C(=O)OCOC(=O)c1cccc2c1OB(O)[C@@H](NC(=O)c1ccc(Cl)nc1)C2. The summed E-state index contributed by atoms with van der Waals surface area (Å²) < 4.78 is 15.5. The van der Waals surface area contributed by atoms with Crippen molar-refractivity contribution in [3.05, 3.63) is 58.4 Å². The lowest BCUT2D eigenvalue weighted by molar-refractivity contribution is -0.161. The smallest absolute Gasteiger partial charge is 0.534 e. The van der Waals surface area contributed by atoms with Crippen molar-refractivity contribution in [3.63, 3.8) is 0 Å². The number of benzene rings is 1. The van der Waals surface area contributed by atoms with Crippen LogP contribution in [0.4, 0.5) is 0 Å². The van der Waals surface area contributed by atoms with E-state index < -0.39 is 43.1 Å².